The Hall–Kier alpha value is -1.26. The van der Waals surface area contributed by atoms with Gasteiger partial charge in [0.25, 0.3) is 0 Å². The van der Waals surface area contributed by atoms with Crippen molar-refractivity contribution >= 4 is 11.3 Å². The third-order valence-corrected chi connectivity index (χ3v) is 3.79. The zero-order valence-electron chi connectivity index (χ0n) is 9.69. The van der Waals surface area contributed by atoms with Crippen molar-refractivity contribution in [2.75, 3.05) is 6.54 Å². The lowest BCUT2D eigenvalue weighted by Gasteiger charge is -2.11. The number of halogens is 1. The number of benzene rings is 1. The summed E-state index contributed by atoms with van der Waals surface area (Å²) in [6.45, 7) is 2.54. The van der Waals surface area contributed by atoms with Crippen molar-refractivity contribution in [1.29, 1.82) is 0 Å². The van der Waals surface area contributed by atoms with Crippen LogP contribution in [0.3, 0.4) is 0 Å². The molecule has 1 atom stereocenters. The Bertz CT molecular complexity index is 478. The average molecular weight is 250 g/mol. The summed E-state index contributed by atoms with van der Waals surface area (Å²) < 4.78 is 12.8. The van der Waals surface area contributed by atoms with E-state index in [0.29, 0.717) is 6.54 Å². The highest BCUT2D eigenvalue weighted by Crippen LogP contribution is 2.23. The van der Waals surface area contributed by atoms with Crippen LogP contribution in [0.4, 0.5) is 4.39 Å². The second kappa shape index (κ2) is 5.38. The van der Waals surface area contributed by atoms with Crippen LogP contribution in [0.5, 0.6) is 0 Å². The van der Waals surface area contributed by atoms with E-state index in [4.69, 9.17) is 5.73 Å². The van der Waals surface area contributed by atoms with Gasteiger partial charge < -0.3 is 5.73 Å². The number of aryl methyl sites for hydroxylation is 1. The van der Waals surface area contributed by atoms with Crippen LogP contribution in [-0.2, 0) is 6.42 Å². The number of aromatic nitrogens is 1. The van der Waals surface area contributed by atoms with Gasteiger partial charge in [0.2, 0.25) is 0 Å². The minimum atomic E-state index is -0.205. The zero-order valence-corrected chi connectivity index (χ0v) is 10.5. The van der Waals surface area contributed by atoms with E-state index in [1.165, 1.54) is 12.1 Å². The molecule has 0 aliphatic heterocycles. The molecule has 0 bridgehead atoms. The van der Waals surface area contributed by atoms with Crippen molar-refractivity contribution in [1.82, 2.24) is 4.98 Å². The van der Waals surface area contributed by atoms with Crippen molar-refractivity contribution in [2.45, 2.75) is 19.3 Å². The summed E-state index contributed by atoms with van der Waals surface area (Å²) in [5, 5.41) is 3.09. The van der Waals surface area contributed by atoms with Crippen molar-refractivity contribution in [3.8, 4) is 0 Å². The predicted octanol–water partition coefficient (Wildman–Crippen LogP) is 2.88. The first kappa shape index (κ1) is 12.2. The number of rotatable bonds is 4. The Balaban J connectivity index is 2.12. The van der Waals surface area contributed by atoms with Crippen LogP contribution >= 0.6 is 11.3 Å². The lowest BCUT2D eigenvalue weighted by molar-refractivity contribution is 0.625. The van der Waals surface area contributed by atoms with Crippen LogP contribution < -0.4 is 5.73 Å². The van der Waals surface area contributed by atoms with E-state index in [2.05, 4.69) is 4.98 Å². The van der Waals surface area contributed by atoms with Gasteiger partial charge in [0.1, 0.15) is 5.82 Å². The first-order chi connectivity index (χ1) is 8.19. The largest absolute Gasteiger partial charge is 0.330 e. The van der Waals surface area contributed by atoms with Gasteiger partial charge in [0.15, 0.2) is 0 Å². The summed E-state index contributed by atoms with van der Waals surface area (Å²) in [6, 6.07) is 6.57. The van der Waals surface area contributed by atoms with E-state index >= 15 is 0 Å². The number of thiazole rings is 1. The Morgan fingerprint density at radius 2 is 2.06 bits per heavy atom. The van der Waals surface area contributed by atoms with Gasteiger partial charge in [-0.25, -0.2) is 9.37 Å². The van der Waals surface area contributed by atoms with Crippen LogP contribution in [0.2, 0.25) is 0 Å². The molecular weight excluding hydrogens is 235 g/mol. The lowest BCUT2D eigenvalue weighted by Crippen LogP contribution is -2.14. The predicted molar refractivity (Wildman–Crippen MR) is 68.8 cm³/mol. The highest BCUT2D eigenvalue weighted by molar-refractivity contribution is 7.09. The number of hydrogen-bond acceptors (Lipinski definition) is 3. The molecule has 0 saturated carbocycles. The fourth-order valence-corrected chi connectivity index (χ4v) is 2.65. The Morgan fingerprint density at radius 3 is 2.59 bits per heavy atom. The molecule has 90 valence electrons. The summed E-state index contributed by atoms with van der Waals surface area (Å²) in [7, 11) is 0. The Labute approximate surface area is 104 Å². The van der Waals surface area contributed by atoms with Gasteiger partial charge >= 0.3 is 0 Å². The molecule has 0 aliphatic carbocycles. The summed E-state index contributed by atoms with van der Waals surface area (Å²) >= 11 is 1.64. The van der Waals surface area contributed by atoms with Crippen molar-refractivity contribution < 1.29 is 4.39 Å². The van der Waals surface area contributed by atoms with Crippen LogP contribution in [0.1, 0.15) is 22.2 Å². The van der Waals surface area contributed by atoms with E-state index in [1.54, 1.807) is 23.5 Å². The molecule has 1 unspecified atom stereocenters. The van der Waals surface area contributed by atoms with E-state index in [-0.39, 0.29) is 11.7 Å². The lowest BCUT2D eigenvalue weighted by atomic mass is 10.00. The number of hydrogen-bond donors (Lipinski definition) is 1. The first-order valence-electron chi connectivity index (χ1n) is 5.55. The number of nitrogens with zero attached hydrogens (tertiary/aromatic N) is 1. The third kappa shape index (κ3) is 3.11. The Morgan fingerprint density at radius 1 is 1.35 bits per heavy atom. The molecule has 0 spiro atoms. The molecule has 2 N–H and O–H groups in total. The summed E-state index contributed by atoms with van der Waals surface area (Å²) in [5.41, 5.74) is 7.91. The van der Waals surface area contributed by atoms with E-state index in [9.17, 15) is 4.39 Å². The maximum absolute atomic E-state index is 12.8. The monoisotopic (exact) mass is 250 g/mol. The fraction of sp³-hybridized carbons (Fsp3) is 0.308. The standard InChI is InChI=1S/C13H15FN2S/c1-9-8-17-13(16-9)11(7-15)6-10-2-4-12(14)5-3-10/h2-5,8,11H,6-7,15H2,1H3. The molecule has 0 aliphatic rings. The molecule has 0 amide bonds. The van der Waals surface area contributed by atoms with Gasteiger partial charge in [-0.2, -0.15) is 0 Å². The van der Waals surface area contributed by atoms with Gasteiger partial charge in [0, 0.05) is 23.5 Å². The highest BCUT2D eigenvalue weighted by Gasteiger charge is 2.14. The van der Waals surface area contributed by atoms with Crippen LogP contribution in [0.25, 0.3) is 0 Å². The second-order valence-corrected chi connectivity index (χ2v) is 4.98. The van der Waals surface area contributed by atoms with Crippen molar-refractivity contribution in [3.63, 3.8) is 0 Å². The maximum Gasteiger partial charge on any atom is 0.123 e. The fourth-order valence-electron chi connectivity index (χ4n) is 1.74. The van der Waals surface area contributed by atoms with Crippen LogP contribution in [0.15, 0.2) is 29.6 Å². The topological polar surface area (TPSA) is 38.9 Å². The molecule has 1 aromatic carbocycles. The SMILES string of the molecule is Cc1csc(C(CN)Cc2ccc(F)cc2)n1. The Kier molecular flexibility index (Phi) is 3.86. The van der Waals surface area contributed by atoms with E-state index < -0.39 is 0 Å². The smallest absolute Gasteiger partial charge is 0.123 e. The minimum Gasteiger partial charge on any atom is -0.330 e. The molecule has 0 fully saturated rings. The molecule has 17 heavy (non-hydrogen) atoms. The van der Waals surface area contributed by atoms with Crippen molar-refractivity contribution in [3.05, 3.63) is 51.7 Å². The summed E-state index contributed by atoms with van der Waals surface area (Å²) in [6.07, 6.45) is 0.809. The van der Waals surface area contributed by atoms with Gasteiger partial charge in [-0.3, -0.25) is 0 Å². The van der Waals surface area contributed by atoms with Gasteiger partial charge in [-0.05, 0) is 31.0 Å². The minimum absolute atomic E-state index is 0.205. The average Bonchev–Trinajstić information content (AvgIpc) is 2.75. The molecule has 2 rings (SSSR count). The quantitative estimate of drug-likeness (QED) is 0.906. The second-order valence-electron chi connectivity index (χ2n) is 4.09. The molecule has 0 saturated heterocycles. The molecule has 2 aromatic rings. The van der Waals surface area contributed by atoms with Crippen LogP contribution in [-0.4, -0.2) is 11.5 Å². The third-order valence-electron chi connectivity index (χ3n) is 2.67. The van der Waals surface area contributed by atoms with Gasteiger partial charge in [-0.1, -0.05) is 12.1 Å². The molecule has 0 radical (unpaired) electrons. The van der Waals surface area contributed by atoms with Crippen LogP contribution in [0, 0.1) is 12.7 Å². The molecule has 1 heterocycles. The van der Waals surface area contributed by atoms with E-state index in [1.807, 2.05) is 12.3 Å². The highest BCUT2D eigenvalue weighted by atomic mass is 32.1. The van der Waals surface area contributed by atoms with E-state index in [0.717, 1.165) is 22.7 Å². The summed E-state index contributed by atoms with van der Waals surface area (Å²) in [4.78, 5) is 4.46. The summed E-state index contributed by atoms with van der Waals surface area (Å²) in [5.74, 6) is 0.0160. The van der Waals surface area contributed by atoms with Crippen molar-refractivity contribution in [2.24, 2.45) is 5.73 Å². The molecule has 4 heteroatoms. The first-order valence-corrected chi connectivity index (χ1v) is 6.43. The van der Waals surface area contributed by atoms with Gasteiger partial charge in [-0.15, -0.1) is 11.3 Å². The maximum atomic E-state index is 12.8. The molecular formula is C13H15FN2S. The zero-order chi connectivity index (χ0) is 12.3. The molecule has 2 nitrogen and oxygen atoms in total. The van der Waals surface area contributed by atoms with Gasteiger partial charge in [0.05, 0.1) is 5.01 Å². The molecule has 1 aromatic heterocycles. The number of nitrogens with two attached hydrogens (primary N) is 1. The normalized spacial score (nSPS) is 12.6.